The van der Waals surface area contributed by atoms with Crippen LogP contribution in [-0.4, -0.2) is 39.6 Å². The Bertz CT molecular complexity index is 1200. The Morgan fingerprint density at radius 2 is 1.91 bits per heavy atom. The van der Waals surface area contributed by atoms with E-state index in [1.54, 1.807) is 30.3 Å². The van der Waals surface area contributed by atoms with Crippen LogP contribution in [-0.2, 0) is 0 Å². The molecule has 172 valence electrons. The maximum atomic E-state index is 14.1. The Morgan fingerprint density at radius 1 is 1.21 bits per heavy atom. The van der Waals surface area contributed by atoms with Gasteiger partial charge in [-0.05, 0) is 42.8 Å². The van der Waals surface area contributed by atoms with Crippen molar-refractivity contribution in [3.8, 4) is 5.75 Å². The molecule has 2 aromatic carbocycles. The van der Waals surface area contributed by atoms with Crippen molar-refractivity contribution in [3.05, 3.63) is 77.6 Å². The standard InChI is InChI=1S/C23H21ClFN3O4S/c1-22(31)11-10-13(12-23(22,24)20(33)28-21(26)30)18-16(8-5-9-17(18)32-2)27-19(29)14-6-3-4-7-15(14)25/h3-12,31H,1-2H3,(H,27,29)(H3,26,28,30,33). The summed E-state index contributed by atoms with van der Waals surface area (Å²) in [6.07, 6.45) is 4.41. The van der Waals surface area contributed by atoms with Crippen molar-refractivity contribution in [3.63, 3.8) is 0 Å². The molecular weight excluding hydrogens is 469 g/mol. The van der Waals surface area contributed by atoms with Gasteiger partial charge >= 0.3 is 6.03 Å². The first-order valence-corrected chi connectivity index (χ1v) is 10.5. The van der Waals surface area contributed by atoms with E-state index in [9.17, 15) is 19.1 Å². The van der Waals surface area contributed by atoms with E-state index in [0.29, 0.717) is 22.6 Å². The molecule has 0 saturated heterocycles. The highest BCUT2D eigenvalue weighted by Gasteiger charge is 2.49. The summed E-state index contributed by atoms with van der Waals surface area (Å²) >= 11 is 11.9. The Balaban J connectivity index is 2.11. The minimum absolute atomic E-state index is 0.138. The van der Waals surface area contributed by atoms with Crippen molar-refractivity contribution in [2.45, 2.75) is 17.4 Å². The van der Waals surface area contributed by atoms with Gasteiger partial charge in [-0.2, -0.15) is 0 Å². The van der Waals surface area contributed by atoms with Crippen LogP contribution in [0.4, 0.5) is 14.9 Å². The summed E-state index contributed by atoms with van der Waals surface area (Å²) in [6.45, 7) is 1.42. The van der Waals surface area contributed by atoms with Crippen molar-refractivity contribution < 1.29 is 23.8 Å². The van der Waals surface area contributed by atoms with Crippen molar-refractivity contribution >= 4 is 52.0 Å². The summed E-state index contributed by atoms with van der Waals surface area (Å²) < 4.78 is 19.6. The zero-order valence-corrected chi connectivity index (χ0v) is 19.3. The molecule has 0 aromatic heterocycles. The first-order chi connectivity index (χ1) is 15.5. The quantitative estimate of drug-likeness (QED) is 0.377. The largest absolute Gasteiger partial charge is 0.496 e. The van der Waals surface area contributed by atoms with Crippen LogP contribution >= 0.6 is 23.8 Å². The molecule has 0 spiro atoms. The van der Waals surface area contributed by atoms with E-state index in [1.165, 1.54) is 44.4 Å². The molecule has 7 nitrogen and oxygen atoms in total. The Morgan fingerprint density at radius 3 is 2.55 bits per heavy atom. The third kappa shape index (κ3) is 4.75. The number of thiocarbonyl (C=S) groups is 1. The highest BCUT2D eigenvalue weighted by Crippen LogP contribution is 2.44. The monoisotopic (exact) mass is 489 g/mol. The third-order valence-corrected chi connectivity index (χ3v) is 6.36. The van der Waals surface area contributed by atoms with E-state index in [0.717, 1.165) is 0 Å². The van der Waals surface area contributed by atoms with E-state index in [4.69, 9.17) is 34.3 Å². The lowest BCUT2D eigenvalue weighted by Gasteiger charge is -2.39. The number of anilines is 1. The molecule has 0 radical (unpaired) electrons. The number of allylic oxidation sites excluding steroid dienone is 2. The van der Waals surface area contributed by atoms with E-state index in [2.05, 4.69) is 10.6 Å². The van der Waals surface area contributed by atoms with Crippen molar-refractivity contribution in [2.75, 3.05) is 12.4 Å². The zero-order valence-electron chi connectivity index (χ0n) is 17.7. The summed E-state index contributed by atoms with van der Waals surface area (Å²) in [7, 11) is 1.44. The van der Waals surface area contributed by atoms with Crippen molar-refractivity contribution in [2.24, 2.45) is 5.73 Å². The lowest BCUT2D eigenvalue weighted by atomic mass is 9.80. The number of halogens is 2. The molecule has 33 heavy (non-hydrogen) atoms. The summed E-state index contributed by atoms with van der Waals surface area (Å²) in [5.74, 6) is -0.973. The average Bonchev–Trinajstić information content (AvgIpc) is 2.75. The van der Waals surface area contributed by atoms with Crippen molar-refractivity contribution in [1.29, 1.82) is 0 Å². The summed E-state index contributed by atoms with van der Waals surface area (Å²) in [5.41, 5.74) is 4.48. The number of hydrogen-bond acceptors (Lipinski definition) is 5. The highest BCUT2D eigenvalue weighted by atomic mass is 35.5. The summed E-state index contributed by atoms with van der Waals surface area (Å²) in [5, 5.41) is 15.8. The van der Waals surface area contributed by atoms with Crippen LogP contribution in [0.2, 0.25) is 0 Å². The first kappa shape index (κ1) is 24.4. The molecule has 3 rings (SSSR count). The number of rotatable bonds is 5. The van der Waals surface area contributed by atoms with Gasteiger partial charge in [0.1, 0.15) is 27.0 Å². The number of benzene rings is 2. The number of hydrogen-bond donors (Lipinski definition) is 4. The van der Waals surface area contributed by atoms with Gasteiger partial charge in [0.2, 0.25) is 0 Å². The Hall–Kier alpha value is -3.27. The summed E-state index contributed by atoms with van der Waals surface area (Å²) in [6, 6.07) is 9.55. The average molecular weight is 490 g/mol. The van der Waals surface area contributed by atoms with Crippen LogP contribution in [0.25, 0.3) is 5.57 Å². The van der Waals surface area contributed by atoms with Crippen LogP contribution < -0.4 is 21.1 Å². The molecule has 0 heterocycles. The molecule has 2 aromatic rings. The van der Waals surface area contributed by atoms with Gasteiger partial charge in [-0.15, -0.1) is 11.6 Å². The van der Waals surface area contributed by atoms with Crippen LogP contribution in [0, 0.1) is 5.82 Å². The molecule has 10 heteroatoms. The van der Waals surface area contributed by atoms with E-state index < -0.39 is 28.2 Å². The SMILES string of the molecule is COc1cccc(NC(=O)c2ccccc2F)c1C1=CC(Cl)(C(=S)NC(N)=O)C(C)(O)C=C1. The number of aliphatic hydroxyl groups is 1. The van der Waals surface area contributed by atoms with Gasteiger partial charge in [0.25, 0.3) is 5.91 Å². The number of carbonyl (C=O) groups excluding carboxylic acids is 2. The van der Waals surface area contributed by atoms with E-state index in [-0.39, 0.29) is 10.6 Å². The minimum atomic E-state index is -1.75. The number of amides is 3. The Kier molecular flexibility index (Phi) is 6.87. The van der Waals surface area contributed by atoms with Gasteiger partial charge in [-0.25, -0.2) is 9.18 Å². The zero-order chi connectivity index (χ0) is 24.4. The molecule has 1 aliphatic rings. The number of nitrogens with one attached hydrogen (secondary N) is 2. The maximum absolute atomic E-state index is 14.1. The third-order valence-electron chi connectivity index (χ3n) is 5.15. The predicted molar refractivity (Wildman–Crippen MR) is 129 cm³/mol. The van der Waals surface area contributed by atoms with Gasteiger partial charge in [0, 0.05) is 5.56 Å². The molecule has 0 fully saturated rings. The highest BCUT2D eigenvalue weighted by molar-refractivity contribution is 7.80. The normalized spacial score (nSPS) is 21.7. The molecule has 2 unspecified atom stereocenters. The topological polar surface area (TPSA) is 114 Å². The molecule has 3 amide bonds. The number of carbonyl (C=O) groups is 2. The van der Waals surface area contributed by atoms with Gasteiger partial charge in [0.15, 0.2) is 0 Å². The fraction of sp³-hybridized carbons (Fsp3) is 0.174. The fourth-order valence-electron chi connectivity index (χ4n) is 3.37. The predicted octanol–water partition coefficient (Wildman–Crippen LogP) is 3.76. The molecule has 0 saturated carbocycles. The van der Waals surface area contributed by atoms with Crippen molar-refractivity contribution in [1.82, 2.24) is 5.32 Å². The second-order valence-electron chi connectivity index (χ2n) is 7.43. The van der Waals surface area contributed by atoms with Gasteiger partial charge in [-0.3, -0.25) is 4.79 Å². The van der Waals surface area contributed by atoms with E-state index in [1.807, 2.05) is 0 Å². The molecule has 2 atom stereocenters. The Labute approximate surface area is 200 Å². The fourth-order valence-corrected chi connectivity index (χ4v) is 3.97. The van der Waals surface area contributed by atoms with Gasteiger partial charge in [0.05, 0.1) is 18.4 Å². The second-order valence-corrected chi connectivity index (χ2v) is 8.43. The van der Waals surface area contributed by atoms with Crippen LogP contribution in [0.1, 0.15) is 22.8 Å². The van der Waals surface area contributed by atoms with Crippen LogP contribution in [0.5, 0.6) is 5.75 Å². The lowest BCUT2D eigenvalue weighted by molar-refractivity contribution is 0.101. The number of methoxy groups -OCH3 is 1. The molecule has 0 bridgehead atoms. The maximum Gasteiger partial charge on any atom is 0.317 e. The number of urea groups is 1. The number of nitrogens with two attached hydrogens (primary N) is 1. The van der Waals surface area contributed by atoms with Gasteiger partial charge < -0.3 is 26.2 Å². The number of primary amides is 1. The van der Waals surface area contributed by atoms with Crippen LogP contribution in [0.3, 0.4) is 0 Å². The van der Waals surface area contributed by atoms with E-state index >= 15 is 0 Å². The molecule has 1 aliphatic carbocycles. The van der Waals surface area contributed by atoms with Gasteiger partial charge in [-0.1, -0.05) is 42.6 Å². The molecule has 0 aliphatic heterocycles. The lowest BCUT2D eigenvalue weighted by Crippen LogP contribution is -2.57. The number of alkyl halides is 1. The van der Waals surface area contributed by atoms with Crippen LogP contribution in [0.15, 0.2) is 60.7 Å². The minimum Gasteiger partial charge on any atom is -0.496 e. The number of ether oxygens (including phenoxy) is 1. The summed E-state index contributed by atoms with van der Waals surface area (Å²) in [4.78, 5) is 22.1. The first-order valence-electron chi connectivity index (χ1n) is 9.67. The molecular formula is C23H21ClFN3O4S. The smallest absolute Gasteiger partial charge is 0.317 e. The second kappa shape index (κ2) is 9.30. The molecule has 5 N–H and O–H groups in total.